The number of benzene rings is 2. The molecule has 0 bridgehead atoms. The molecular weight excluding hydrogens is 278 g/mol. The Morgan fingerprint density at radius 2 is 1.77 bits per heavy atom. The Labute approximate surface area is 127 Å². The topological polar surface area (TPSA) is 75.1 Å². The van der Waals surface area contributed by atoms with Crippen LogP contribution in [-0.2, 0) is 11.2 Å². The van der Waals surface area contributed by atoms with E-state index in [-0.39, 0.29) is 0 Å². The first kappa shape index (κ1) is 14.0. The molecule has 0 aliphatic carbocycles. The molecule has 0 aliphatic rings. The largest absolute Gasteiger partial charge is 0.480 e. The second-order valence-corrected chi connectivity index (χ2v) is 4.96. The van der Waals surface area contributed by atoms with Gasteiger partial charge in [-0.25, -0.2) is 14.8 Å². The lowest BCUT2D eigenvalue weighted by atomic mass is 10.1. The van der Waals surface area contributed by atoms with Gasteiger partial charge in [-0.05, 0) is 17.7 Å². The molecule has 0 saturated heterocycles. The van der Waals surface area contributed by atoms with Crippen molar-refractivity contribution in [1.29, 1.82) is 0 Å². The molecule has 5 heteroatoms. The molecule has 110 valence electrons. The molecule has 0 fully saturated rings. The first-order valence-corrected chi connectivity index (χ1v) is 6.97. The monoisotopic (exact) mass is 293 g/mol. The maximum atomic E-state index is 11.5. The van der Waals surface area contributed by atoms with E-state index >= 15 is 0 Å². The summed E-state index contributed by atoms with van der Waals surface area (Å²) in [6, 6.07) is 16.3. The smallest absolute Gasteiger partial charge is 0.326 e. The van der Waals surface area contributed by atoms with Crippen LogP contribution in [0.15, 0.2) is 60.9 Å². The molecule has 0 amide bonds. The van der Waals surface area contributed by atoms with E-state index < -0.39 is 12.0 Å². The minimum Gasteiger partial charge on any atom is -0.480 e. The fourth-order valence-electron chi connectivity index (χ4n) is 2.33. The number of para-hydroxylation sites is 1. The number of anilines is 1. The van der Waals surface area contributed by atoms with Crippen molar-refractivity contribution >= 4 is 22.7 Å². The maximum Gasteiger partial charge on any atom is 0.326 e. The van der Waals surface area contributed by atoms with Crippen LogP contribution in [0.25, 0.3) is 10.9 Å². The van der Waals surface area contributed by atoms with Gasteiger partial charge < -0.3 is 10.4 Å². The molecule has 5 nitrogen and oxygen atoms in total. The summed E-state index contributed by atoms with van der Waals surface area (Å²) in [6.45, 7) is 0. The van der Waals surface area contributed by atoms with Crippen molar-refractivity contribution in [2.24, 2.45) is 0 Å². The van der Waals surface area contributed by atoms with Gasteiger partial charge in [0.1, 0.15) is 18.2 Å². The van der Waals surface area contributed by atoms with Crippen LogP contribution >= 0.6 is 0 Å². The molecule has 0 saturated carbocycles. The van der Waals surface area contributed by atoms with Crippen LogP contribution in [0.1, 0.15) is 5.56 Å². The molecule has 0 radical (unpaired) electrons. The lowest BCUT2D eigenvalue weighted by molar-refractivity contribution is -0.137. The number of aliphatic carboxylic acids is 1. The van der Waals surface area contributed by atoms with Gasteiger partial charge in [0.05, 0.1) is 5.52 Å². The Kier molecular flexibility index (Phi) is 3.96. The number of carboxylic acid groups (broad SMARTS) is 1. The van der Waals surface area contributed by atoms with E-state index in [0.717, 1.165) is 16.5 Å². The summed E-state index contributed by atoms with van der Waals surface area (Å²) in [6.07, 6.45) is 1.82. The second-order valence-electron chi connectivity index (χ2n) is 4.96. The zero-order valence-electron chi connectivity index (χ0n) is 11.8. The third-order valence-electron chi connectivity index (χ3n) is 3.43. The van der Waals surface area contributed by atoms with Crippen molar-refractivity contribution in [3.05, 3.63) is 66.5 Å². The third kappa shape index (κ3) is 3.03. The van der Waals surface area contributed by atoms with Crippen molar-refractivity contribution in [2.75, 3.05) is 5.32 Å². The van der Waals surface area contributed by atoms with Crippen LogP contribution in [0.2, 0.25) is 0 Å². The number of nitrogens with one attached hydrogen (secondary N) is 1. The van der Waals surface area contributed by atoms with E-state index in [9.17, 15) is 9.90 Å². The second kappa shape index (κ2) is 6.22. The molecule has 0 aliphatic heterocycles. The standard InChI is InChI=1S/C17H15N3O2/c21-17(22)15(10-12-6-2-1-3-7-12)20-16-13-8-4-5-9-14(13)18-11-19-16/h1-9,11,15H,10H2,(H,21,22)(H,18,19,20)/t15-/m0/s1. The molecule has 2 aromatic carbocycles. The molecule has 3 rings (SSSR count). The predicted octanol–water partition coefficient (Wildman–Crippen LogP) is 2.74. The number of fused-ring (bicyclic) bond motifs is 1. The minimum absolute atomic E-state index is 0.383. The summed E-state index contributed by atoms with van der Waals surface area (Å²) >= 11 is 0. The highest BCUT2D eigenvalue weighted by molar-refractivity contribution is 5.90. The predicted molar refractivity (Wildman–Crippen MR) is 84.7 cm³/mol. The SMILES string of the molecule is O=C(O)[C@H](Cc1ccccc1)Nc1ncnc2ccccc12. The van der Waals surface area contributed by atoms with E-state index in [2.05, 4.69) is 15.3 Å². The van der Waals surface area contributed by atoms with Gasteiger partial charge in [-0.15, -0.1) is 0 Å². The van der Waals surface area contributed by atoms with Gasteiger partial charge in [0.2, 0.25) is 0 Å². The maximum absolute atomic E-state index is 11.5. The lowest BCUT2D eigenvalue weighted by Crippen LogP contribution is -2.32. The summed E-state index contributed by atoms with van der Waals surface area (Å²) < 4.78 is 0. The molecule has 22 heavy (non-hydrogen) atoms. The summed E-state index contributed by atoms with van der Waals surface area (Å²) in [5.74, 6) is -0.375. The number of rotatable bonds is 5. The Morgan fingerprint density at radius 1 is 1.05 bits per heavy atom. The van der Waals surface area contributed by atoms with Crippen molar-refractivity contribution < 1.29 is 9.90 Å². The minimum atomic E-state index is -0.911. The zero-order valence-corrected chi connectivity index (χ0v) is 11.8. The Hall–Kier alpha value is -2.95. The van der Waals surface area contributed by atoms with Gasteiger partial charge >= 0.3 is 5.97 Å². The third-order valence-corrected chi connectivity index (χ3v) is 3.43. The quantitative estimate of drug-likeness (QED) is 0.756. The Bertz CT molecular complexity index is 785. The van der Waals surface area contributed by atoms with Crippen LogP contribution in [-0.4, -0.2) is 27.1 Å². The van der Waals surface area contributed by atoms with Gasteiger partial charge in [-0.2, -0.15) is 0 Å². The lowest BCUT2D eigenvalue weighted by Gasteiger charge is -2.16. The van der Waals surface area contributed by atoms with Crippen LogP contribution in [0.3, 0.4) is 0 Å². The summed E-state index contributed by atoms with van der Waals surface area (Å²) in [7, 11) is 0. The van der Waals surface area contributed by atoms with Crippen molar-refractivity contribution in [3.8, 4) is 0 Å². The normalized spacial score (nSPS) is 12.0. The molecule has 1 heterocycles. The number of hydrogen-bond acceptors (Lipinski definition) is 4. The van der Waals surface area contributed by atoms with Crippen LogP contribution < -0.4 is 5.32 Å². The first-order valence-electron chi connectivity index (χ1n) is 6.97. The molecule has 0 unspecified atom stereocenters. The summed E-state index contributed by atoms with van der Waals surface area (Å²) in [4.78, 5) is 19.9. The van der Waals surface area contributed by atoms with Crippen LogP contribution in [0.4, 0.5) is 5.82 Å². The zero-order chi connectivity index (χ0) is 15.4. The van der Waals surface area contributed by atoms with Gasteiger partial charge in [-0.1, -0.05) is 42.5 Å². The van der Waals surface area contributed by atoms with Crippen molar-refractivity contribution in [2.45, 2.75) is 12.5 Å². The highest BCUT2D eigenvalue weighted by Crippen LogP contribution is 2.20. The number of carboxylic acids is 1. The first-order chi connectivity index (χ1) is 10.7. The molecule has 1 aromatic heterocycles. The Morgan fingerprint density at radius 3 is 2.55 bits per heavy atom. The highest BCUT2D eigenvalue weighted by atomic mass is 16.4. The average Bonchev–Trinajstić information content (AvgIpc) is 2.55. The van der Waals surface area contributed by atoms with E-state index in [1.807, 2.05) is 54.6 Å². The van der Waals surface area contributed by atoms with Crippen LogP contribution in [0, 0.1) is 0 Å². The summed E-state index contributed by atoms with van der Waals surface area (Å²) in [5.41, 5.74) is 1.74. The number of hydrogen-bond donors (Lipinski definition) is 2. The number of carbonyl (C=O) groups is 1. The molecular formula is C17H15N3O2. The highest BCUT2D eigenvalue weighted by Gasteiger charge is 2.19. The fourth-order valence-corrected chi connectivity index (χ4v) is 2.33. The van der Waals surface area contributed by atoms with Gasteiger partial charge in [0, 0.05) is 11.8 Å². The Balaban J connectivity index is 1.88. The van der Waals surface area contributed by atoms with E-state index in [1.54, 1.807) is 0 Å². The van der Waals surface area contributed by atoms with Gasteiger partial charge in [0.25, 0.3) is 0 Å². The van der Waals surface area contributed by atoms with Gasteiger partial charge in [-0.3, -0.25) is 0 Å². The fraction of sp³-hybridized carbons (Fsp3) is 0.118. The molecule has 0 spiro atoms. The molecule has 1 atom stereocenters. The van der Waals surface area contributed by atoms with E-state index in [1.165, 1.54) is 6.33 Å². The number of nitrogens with zero attached hydrogens (tertiary/aromatic N) is 2. The number of aromatic nitrogens is 2. The summed E-state index contributed by atoms with van der Waals surface area (Å²) in [5, 5.41) is 13.3. The van der Waals surface area contributed by atoms with Crippen LogP contribution in [0.5, 0.6) is 0 Å². The molecule has 3 aromatic rings. The van der Waals surface area contributed by atoms with Gasteiger partial charge in [0.15, 0.2) is 0 Å². The van der Waals surface area contributed by atoms with Crippen molar-refractivity contribution in [3.63, 3.8) is 0 Å². The average molecular weight is 293 g/mol. The molecule has 2 N–H and O–H groups in total. The van der Waals surface area contributed by atoms with Crippen molar-refractivity contribution in [1.82, 2.24) is 9.97 Å². The van der Waals surface area contributed by atoms with E-state index in [0.29, 0.717) is 12.2 Å². The van der Waals surface area contributed by atoms with E-state index in [4.69, 9.17) is 0 Å².